The summed E-state index contributed by atoms with van der Waals surface area (Å²) >= 11 is 0. The van der Waals surface area contributed by atoms with Gasteiger partial charge < -0.3 is 14.8 Å². The summed E-state index contributed by atoms with van der Waals surface area (Å²) in [4.78, 5) is 24.5. The van der Waals surface area contributed by atoms with E-state index in [1.807, 2.05) is 17.2 Å². The largest absolute Gasteiger partial charge is 0.343 e. The van der Waals surface area contributed by atoms with E-state index in [1.54, 1.807) is 6.92 Å². The van der Waals surface area contributed by atoms with Gasteiger partial charge in [-0.15, -0.1) is 0 Å². The van der Waals surface area contributed by atoms with E-state index in [9.17, 15) is 4.79 Å². The lowest BCUT2D eigenvalue weighted by molar-refractivity contribution is -0.130. The van der Waals surface area contributed by atoms with Crippen LogP contribution in [0.5, 0.6) is 0 Å². The highest BCUT2D eigenvalue weighted by atomic mass is 16.2. The van der Waals surface area contributed by atoms with Gasteiger partial charge in [0.15, 0.2) is 0 Å². The van der Waals surface area contributed by atoms with E-state index in [0.29, 0.717) is 11.8 Å². The fourth-order valence-corrected chi connectivity index (χ4v) is 4.80. The third-order valence-corrected chi connectivity index (χ3v) is 6.37. The minimum Gasteiger partial charge on any atom is -0.343 e. The Morgan fingerprint density at radius 3 is 2.83 bits per heavy atom. The molecule has 4 rings (SSSR count). The highest BCUT2D eigenvalue weighted by Crippen LogP contribution is 2.33. The number of rotatable bonds is 6. The summed E-state index contributed by atoms with van der Waals surface area (Å²) in [5.74, 6) is 0.974. The summed E-state index contributed by atoms with van der Waals surface area (Å²) in [5, 5.41) is 1.20. The van der Waals surface area contributed by atoms with E-state index >= 15 is 0 Å². The monoisotopic (exact) mass is 404 g/mol. The molecule has 2 aromatic heterocycles. The molecule has 1 aliphatic rings. The lowest BCUT2D eigenvalue weighted by Crippen LogP contribution is -2.38. The summed E-state index contributed by atoms with van der Waals surface area (Å²) < 4.78 is 0. The Bertz CT molecular complexity index is 997. The Morgan fingerprint density at radius 2 is 2.07 bits per heavy atom. The van der Waals surface area contributed by atoms with Crippen LogP contribution in [0.3, 0.4) is 0 Å². The number of fused-ring (bicyclic) bond motifs is 1. The third kappa shape index (κ3) is 4.41. The molecule has 1 amide bonds. The number of carbonyl (C=O) groups excluding carboxylic acids is 1. The van der Waals surface area contributed by atoms with Crippen LogP contribution >= 0.6 is 0 Å². The molecule has 3 heterocycles. The Kier molecular flexibility index (Phi) is 6.18. The number of carbonyl (C=O) groups is 1. The first-order valence-corrected chi connectivity index (χ1v) is 11.0. The molecule has 3 aromatic rings. The highest BCUT2D eigenvalue weighted by molar-refractivity contribution is 5.81. The highest BCUT2D eigenvalue weighted by Gasteiger charge is 2.27. The Labute approximate surface area is 179 Å². The number of likely N-dealkylation sites (N-methyl/N-ethyl adjacent to an activating group) is 1. The molecule has 0 bridgehead atoms. The van der Waals surface area contributed by atoms with Crippen molar-refractivity contribution < 1.29 is 4.79 Å². The minimum atomic E-state index is 0.171. The first-order chi connectivity index (χ1) is 14.5. The van der Waals surface area contributed by atoms with Crippen LogP contribution in [0.1, 0.15) is 55.3 Å². The van der Waals surface area contributed by atoms with Gasteiger partial charge in [-0.3, -0.25) is 4.79 Å². The van der Waals surface area contributed by atoms with Crippen LogP contribution in [0, 0.1) is 0 Å². The fraction of sp³-hybridized carbons (Fsp3) is 0.440. The zero-order valence-corrected chi connectivity index (χ0v) is 18.3. The molecule has 2 atom stereocenters. The first-order valence-electron chi connectivity index (χ1n) is 11.0. The SMILES string of the molecule is CC(=O)N1CCCC(c2[nH]c3ncccc3c2CN(C)CC(C)c2ccccc2)C1. The second-order valence-electron chi connectivity index (χ2n) is 8.73. The van der Waals surface area contributed by atoms with Crippen LogP contribution in [0.4, 0.5) is 0 Å². The molecule has 0 radical (unpaired) electrons. The zero-order chi connectivity index (χ0) is 21.1. The number of amides is 1. The molecule has 158 valence electrons. The van der Waals surface area contributed by atoms with Crippen molar-refractivity contribution in [2.75, 3.05) is 26.7 Å². The minimum absolute atomic E-state index is 0.171. The number of aromatic nitrogens is 2. The van der Waals surface area contributed by atoms with Crippen LogP contribution in [-0.2, 0) is 11.3 Å². The van der Waals surface area contributed by atoms with E-state index in [1.165, 1.54) is 22.2 Å². The molecular weight excluding hydrogens is 372 g/mol. The standard InChI is InChI=1S/C25H32N4O/c1-18(20-9-5-4-6-10-20)15-28(3)17-23-22-12-7-13-26-25(22)27-24(23)21-11-8-14-29(16-21)19(2)30/h4-7,9-10,12-13,18,21H,8,11,14-17H2,1-3H3,(H,26,27). The number of likely N-dealkylation sites (tertiary alicyclic amines) is 1. The molecule has 0 spiro atoms. The number of benzene rings is 1. The van der Waals surface area contributed by atoms with Crippen LogP contribution in [0.15, 0.2) is 48.7 Å². The molecular formula is C25H32N4O. The zero-order valence-electron chi connectivity index (χ0n) is 18.3. The maximum absolute atomic E-state index is 12.0. The summed E-state index contributed by atoms with van der Waals surface area (Å²) in [6, 6.07) is 14.9. The number of H-pyrrole nitrogens is 1. The summed E-state index contributed by atoms with van der Waals surface area (Å²) in [5.41, 5.74) is 4.91. The predicted molar refractivity (Wildman–Crippen MR) is 122 cm³/mol. The van der Waals surface area contributed by atoms with Gasteiger partial charge in [0, 0.05) is 56.3 Å². The second kappa shape index (κ2) is 9.00. The number of nitrogens with one attached hydrogen (secondary N) is 1. The van der Waals surface area contributed by atoms with Gasteiger partial charge in [-0.1, -0.05) is 37.3 Å². The Balaban J connectivity index is 1.58. The first kappa shape index (κ1) is 20.6. The summed E-state index contributed by atoms with van der Waals surface area (Å²) in [6.07, 6.45) is 4.00. The van der Waals surface area contributed by atoms with Crippen LogP contribution < -0.4 is 0 Å². The molecule has 1 saturated heterocycles. The van der Waals surface area contributed by atoms with E-state index in [0.717, 1.165) is 44.7 Å². The molecule has 1 fully saturated rings. The summed E-state index contributed by atoms with van der Waals surface area (Å²) in [7, 11) is 2.20. The number of hydrogen-bond donors (Lipinski definition) is 1. The molecule has 30 heavy (non-hydrogen) atoms. The van der Waals surface area contributed by atoms with Crippen molar-refractivity contribution in [2.24, 2.45) is 0 Å². The number of nitrogens with zero attached hydrogens (tertiary/aromatic N) is 3. The molecule has 1 aromatic carbocycles. The average Bonchev–Trinajstić information content (AvgIpc) is 3.12. The van der Waals surface area contributed by atoms with E-state index in [4.69, 9.17) is 0 Å². The van der Waals surface area contributed by atoms with Crippen molar-refractivity contribution in [1.82, 2.24) is 19.8 Å². The maximum atomic E-state index is 12.0. The average molecular weight is 405 g/mol. The van der Waals surface area contributed by atoms with Crippen LogP contribution in [0.2, 0.25) is 0 Å². The normalized spacial score (nSPS) is 18.1. The number of piperidine rings is 1. The van der Waals surface area contributed by atoms with Crippen LogP contribution in [0.25, 0.3) is 11.0 Å². The molecule has 1 aliphatic heterocycles. The molecule has 1 N–H and O–H groups in total. The van der Waals surface area contributed by atoms with Gasteiger partial charge in [-0.2, -0.15) is 0 Å². The second-order valence-corrected chi connectivity index (χ2v) is 8.73. The van der Waals surface area contributed by atoms with Gasteiger partial charge >= 0.3 is 0 Å². The molecule has 0 saturated carbocycles. The predicted octanol–water partition coefficient (Wildman–Crippen LogP) is 4.52. The maximum Gasteiger partial charge on any atom is 0.219 e. The molecule has 5 heteroatoms. The lowest BCUT2D eigenvalue weighted by atomic mass is 9.91. The molecule has 2 unspecified atom stereocenters. The number of aromatic amines is 1. The smallest absolute Gasteiger partial charge is 0.219 e. The third-order valence-electron chi connectivity index (χ3n) is 6.37. The Hall–Kier alpha value is -2.66. The van der Waals surface area contributed by atoms with E-state index < -0.39 is 0 Å². The Morgan fingerprint density at radius 1 is 1.27 bits per heavy atom. The van der Waals surface area contributed by atoms with Crippen molar-refractivity contribution in [3.63, 3.8) is 0 Å². The molecule has 5 nitrogen and oxygen atoms in total. The van der Waals surface area contributed by atoms with Crippen molar-refractivity contribution in [3.8, 4) is 0 Å². The quantitative estimate of drug-likeness (QED) is 0.657. The van der Waals surface area contributed by atoms with Gasteiger partial charge in [0.1, 0.15) is 5.65 Å². The van der Waals surface area contributed by atoms with Gasteiger partial charge in [0.05, 0.1) is 0 Å². The van der Waals surface area contributed by atoms with Gasteiger partial charge in [0.2, 0.25) is 5.91 Å². The fourth-order valence-electron chi connectivity index (χ4n) is 4.80. The topological polar surface area (TPSA) is 52.2 Å². The summed E-state index contributed by atoms with van der Waals surface area (Å²) in [6.45, 7) is 7.48. The van der Waals surface area contributed by atoms with Crippen molar-refractivity contribution in [1.29, 1.82) is 0 Å². The lowest BCUT2D eigenvalue weighted by Gasteiger charge is -2.32. The van der Waals surface area contributed by atoms with E-state index in [2.05, 4.69) is 65.2 Å². The van der Waals surface area contributed by atoms with Gasteiger partial charge in [-0.05, 0) is 49.1 Å². The van der Waals surface area contributed by atoms with Gasteiger partial charge in [-0.25, -0.2) is 4.98 Å². The number of pyridine rings is 1. The number of hydrogen-bond acceptors (Lipinski definition) is 3. The van der Waals surface area contributed by atoms with Crippen molar-refractivity contribution in [3.05, 3.63) is 65.5 Å². The van der Waals surface area contributed by atoms with Crippen molar-refractivity contribution in [2.45, 2.75) is 45.1 Å². The van der Waals surface area contributed by atoms with Gasteiger partial charge in [0.25, 0.3) is 0 Å². The van der Waals surface area contributed by atoms with E-state index in [-0.39, 0.29) is 5.91 Å². The molecule has 0 aliphatic carbocycles. The van der Waals surface area contributed by atoms with Crippen LogP contribution in [-0.4, -0.2) is 52.4 Å². The van der Waals surface area contributed by atoms with Crippen molar-refractivity contribution >= 4 is 16.9 Å².